The predicted molar refractivity (Wildman–Crippen MR) is 307 cm³/mol. The number of thioether (sulfide) groups is 1. The van der Waals surface area contributed by atoms with E-state index in [0.29, 0.717) is 6.54 Å². The minimum Gasteiger partial charge on any atom is -0.329 e. The Hall–Kier alpha value is -7.73. The molecule has 8 rings (SSSR count). The number of aromatic nitrogens is 1. The Bertz CT molecular complexity index is 3350. The van der Waals surface area contributed by atoms with Gasteiger partial charge < -0.3 is 9.47 Å². The van der Waals surface area contributed by atoms with Gasteiger partial charge in [-0.05, 0) is 123 Å². The van der Waals surface area contributed by atoms with Gasteiger partial charge in [-0.2, -0.15) is 0 Å². The number of allylic oxidation sites excluding steroid dienone is 21. The van der Waals surface area contributed by atoms with E-state index in [9.17, 15) is 0 Å². The Balaban J connectivity index is 1.30. The molecule has 1 unspecified atom stereocenters. The Labute approximate surface area is 419 Å². The van der Waals surface area contributed by atoms with Gasteiger partial charge >= 0.3 is 0 Å². The second-order valence-electron chi connectivity index (χ2n) is 17.2. The summed E-state index contributed by atoms with van der Waals surface area (Å²) in [6, 6.07) is 32.9. The van der Waals surface area contributed by atoms with Crippen molar-refractivity contribution in [3.8, 4) is 16.8 Å². The fourth-order valence-corrected chi connectivity index (χ4v) is 10.3. The Morgan fingerprint density at radius 2 is 1.54 bits per heavy atom. The number of anilines is 1. The number of benzene rings is 4. The van der Waals surface area contributed by atoms with Crippen LogP contribution in [0.25, 0.3) is 45.1 Å². The molecule has 0 N–H and O–H groups in total. The fourth-order valence-electron chi connectivity index (χ4n) is 9.31. The normalized spacial score (nSPS) is 18.1. The zero-order chi connectivity index (χ0) is 49.0. The number of rotatable bonds is 14. The van der Waals surface area contributed by atoms with E-state index in [1.54, 1.807) is 0 Å². The first-order valence-electron chi connectivity index (χ1n) is 24.1. The van der Waals surface area contributed by atoms with E-state index in [-0.39, 0.29) is 12.0 Å². The van der Waals surface area contributed by atoms with Crippen molar-refractivity contribution < 1.29 is 0 Å². The van der Waals surface area contributed by atoms with Gasteiger partial charge in [-0.15, -0.1) is 0 Å². The molecule has 5 heteroatoms. The second-order valence-corrected chi connectivity index (χ2v) is 18.5. The number of nitrogens with zero attached hydrogens (tertiary/aromatic N) is 4. The van der Waals surface area contributed by atoms with Gasteiger partial charge in [-0.3, -0.25) is 9.98 Å². The Morgan fingerprint density at radius 1 is 0.786 bits per heavy atom. The maximum Gasteiger partial charge on any atom is 0.0717 e. The molecule has 2 aliphatic carbocycles. The third-order valence-electron chi connectivity index (χ3n) is 12.7. The molecular formula is C65H62N4S. The van der Waals surface area contributed by atoms with Crippen LogP contribution >= 0.6 is 11.8 Å². The van der Waals surface area contributed by atoms with Crippen molar-refractivity contribution in [2.24, 2.45) is 15.9 Å². The molecule has 1 aliphatic heterocycles. The monoisotopic (exact) mass is 930 g/mol. The zero-order valence-electron chi connectivity index (χ0n) is 41.3. The minimum atomic E-state index is 0.0408. The van der Waals surface area contributed by atoms with Crippen molar-refractivity contribution in [3.05, 3.63) is 263 Å². The van der Waals surface area contributed by atoms with Crippen LogP contribution in [0.4, 0.5) is 5.69 Å². The van der Waals surface area contributed by atoms with E-state index < -0.39 is 0 Å². The van der Waals surface area contributed by atoms with Gasteiger partial charge in [-0.1, -0.05) is 201 Å². The van der Waals surface area contributed by atoms with Crippen LogP contribution in [0.1, 0.15) is 52.7 Å². The molecule has 1 aromatic heterocycles. The molecular weight excluding hydrogens is 869 g/mol. The highest BCUT2D eigenvalue weighted by molar-refractivity contribution is 8.03. The van der Waals surface area contributed by atoms with Gasteiger partial charge in [0.15, 0.2) is 0 Å². The summed E-state index contributed by atoms with van der Waals surface area (Å²) in [5.41, 5.74) is 13.7. The summed E-state index contributed by atoms with van der Waals surface area (Å²) in [4.78, 5) is 14.8. The standard InChI is InChI=1S/C65H62N4S/c1-9-25-48(11-3)30-23-31-50(26-10-2)59(67-45-49-28-17-16-18-29-49)44-58(66-8)53-32-24-35-55(41-53)69-61(13-5)65(56-36-22-21-27-46(56)6)57-39-37-51(42-62(57)69)52-38-40-64-63(43-52)68(60(12-4)47(7)70-64)54-33-19-14-15-20-34-54/h9-44,46,54H,4,8,45H2,1-3,5-7H3/b25-9-,26-10-,30-23+,48-11+,50-31+,58-44-,61-13+,65-56-,67-59?. The van der Waals surface area contributed by atoms with Gasteiger partial charge in [0.25, 0.3) is 0 Å². The average Bonchev–Trinajstić information content (AvgIpc) is 3.48. The largest absolute Gasteiger partial charge is 0.329 e. The molecule has 70 heavy (non-hydrogen) atoms. The lowest BCUT2D eigenvalue weighted by Crippen LogP contribution is -2.33. The first-order valence-corrected chi connectivity index (χ1v) is 25.0. The predicted octanol–water partition coefficient (Wildman–Crippen LogP) is 15.7. The summed E-state index contributed by atoms with van der Waals surface area (Å²) in [5, 5.41) is 3.58. The maximum absolute atomic E-state index is 5.23. The van der Waals surface area contributed by atoms with Crippen LogP contribution < -0.4 is 15.5 Å². The van der Waals surface area contributed by atoms with E-state index >= 15 is 0 Å². The van der Waals surface area contributed by atoms with Gasteiger partial charge in [-0.25, -0.2) is 0 Å². The van der Waals surface area contributed by atoms with E-state index in [1.807, 2.05) is 37.8 Å². The molecule has 4 nitrogen and oxygen atoms in total. The summed E-state index contributed by atoms with van der Waals surface area (Å²) < 4.78 is 2.42. The Kier molecular flexibility index (Phi) is 16.0. The highest BCUT2D eigenvalue weighted by Crippen LogP contribution is 2.46. The van der Waals surface area contributed by atoms with Crippen LogP contribution in [-0.4, -0.2) is 23.0 Å². The lowest BCUT2D eigenvalue weighted by atomic mass is 9.93. The maximum atomic E-state index is 5.23. The summed E-state index contributed by atoms with van der Waals surface area (Å²) in [6.45, 7) is 21.6. The van der Waals surface area contributed by atoms with Crippen molar-refractivity contribution in [3.63, 3.8) is 0 Å². The van der Waals surface area contributed by atoms with E-state index in [2.05, 4.69) is 257 Å². The van der Waals surface area contributed by atoms with E-state index in [0.717, 1.165) is 67.1 Å². The lowest BCUT2D eigenvalue weighted by Gasteiger charge is -2.37. The highest BCUT2D eigenvalue weighted by Gasteiger charge is 2.27. The number of hydrogen-bond acceptors (Lipinski definition) is 4. The molecule has 0 amide bonds. The second kappa shape index (κ2) is 23.0. The zero-order valence-corrected chi connectivity index (χ0v) is 42.1. The summed E-state index contributed by atoms with van der Waals surface area (Å²) in [5.74, 6) is 0.241. The quantitative estimate of drug-likeness (QED) is 0.0821. The Morgan fingerprint density at radius 3 is 2.26 bits per heavy atom. The summed E-state index contributed by atoms with van der Waals surface area (Å²) in [7, 11) is 0. The molecule has 0 bridgehead atoms. The molecule has 1 atom stereocenters. The molecule has 5 aromatic rings. The van der Waals surface area contributed by atoms with Crippen molar-refractivity contribution in [1.29, 1.82) is 0 Å². The van der Waals surface area contributed by atoms with Crippen LogP contribution in [0, 0.1) is 5.92 Å². The van der Waals surface area contributed by atoms with Crippen LogP contribution in [0.15, 0.2) is 256 Å². The molecule has 4 aromatic carbocycles. The van der Waals surface area contributed by atoms with Gasteiger partial charge in [0, 0.05) is 31.7 Å². The van der Waals surface area contributed by atoms with Gasteiger partial charge in [0.2, 0.25) is 0 Å². The fraction of sp³-hybridized carbons (Fsp3) is 0.138. The van der Waals surface area contributed by atoms with E-state index in [1.165, 1.54) is 31.7 Å². The molecule has 0 fully saturated rings. The first-order chi connectivity index (χ1) is 34.3. The molecule has 2 heterocycles. The molecule has 0 radical (unpaired) electrons. The number of fused-ring (bicyclic) bond motifs is 2. The molecule has 0 saturated heterocycles. The van der Waals surface area contributed by atoms with Crippen molar-refractivity contribution in [1.82, 2.24) is 4.57 Å². The third-order valence-corrected chi connectivity index (χ3v) is 13.8. The van der Waals surface area contributed by atoms with Gasteiger partial charge in [0.05, 0.1) is 46.2 Å². The summed E-state index contributed by atoms with van der Waals surface area (Å²) in [6.07, 6.45) is 44.8. The van der Waals surface area contributed by atoms with Crippen LogP contribution in [0.5, 0.6) is 0 Å². The van der Waals surface area contributed by atoms with E-state index in [4.69, 9.17) is 9.98 Å². The van der Waals surface area contributed by atoms with Crippen LogP contribution in [0.3, 0.4) is 0 Å². The minimum absolute atomic E-state index is 0.0408. The van der Waals surface area contributed by atoms with Crippen molar-refractivity contribution in [2.45, 2.75) is 59.0 Å². The molecule has 3 aliphatic rings. The van der Waals surface area contributed by atoms with Crippen molar-refractivity contribution >= 4 is 58.1 Å². The van der Waals surface area contributed by atoms with Crippen LogP contribution in [0.2, 0.25) is 0 Å². The summed E-state index contributed by atoms with van der Waals surface area (Å²) >= 11 is 1.81. The third kappa shape index (κ3) is 10.6. The van der Waals surface area contributed by atoms with Gasteiger partial charge in [0.1, 0.15) is 0 Å². The molecule has 0 saturated carbocycles. The first kappa shape index (κ1) is 48.7. The smallest absolute Gasteiger partial charge is 0.0717 e. The lowest BCUT2D eigenvalue weighted by molar-refractivity contribution is 0.885. The highest BCUT2D eigenvalue weighted by atomic mass is 32.2. The number of hydrogen-bond donors (Lipinski definition) is 0. The average molecular weight is 931 g/mol. The topological polar surface area (TPSA) is 32.9 Å². The van der Waals surface area contributed by atoms with Crippen LogP contribution in [-0.2, 0) is 6.54 Å². The molecule has 348 valence electrons. The number of aliphatic imine (C=N–C) groups is 2. The molecule has 0 spiro atoms. The SMILES string of the molecule is C=CC1=C(C)Sc2ccc(-c3ccc4c(=C5\C=CC=CC5C)/c(=C\C)n(-c5cccc(/C(=C/C(=NCc6ccccc6)C(/C=C\C)=C/C=C/C(/C=C\C)=C/C)N=C)c5)c4c3)cc2N1C1C=CC=CC=C1. The van der Waals surface area contributed by atoms with Crippen molar-refractivity contribution in [2.75, 3.05) is 4.90 Å².